The van der Waals surface area contributed by atoms with Crippen LogP contribution in [0.1, 0.15) is 5.56 Å². The molecule has 23 heavy (non-hydrogen) atoms. The zero-order valence-corrected chi connectivity index (χ0v) is 11.9. The van der Waals surface area contributed by atoms with Crippen LogP contribution in [0.2, 0.25) is 0 Å². The molecule has 0 saturated heterocycles. The standard InChI is InChI=1S/C12H14F3N7O/c1-23-8-3-2-6(4-7(8)12(13,14)15)18-11-19-9(21-16)5-10(20-11)22-17/h2-5H,16-17H2,1H3,(H3,18,19,20,21,22). The van der Waals surface area contributed by atoms with Crippen LogP contribution in [-0.2, 0) is 6.18 Å². The largest absolute Gasteiger partial charge is 0.496 e. The van der Waals surface area contributed by atoms with Gasteiger partial charge in [0.2, 0.25) is 5.95 Å². The number of anilines is 4. The monoisotopic (exact) mass is 329 g/mol. The SMILES string of the molecule is COc1ccc(Nc2nc(NN)cc(NN)n2)cc1C(F)(F)F. The van der Waals surface area contributed by atoms with Gasteiger partial charge >= 0.3 is 6.18 Å². The van der Waals surface area contributed by atoms with Crippen LogP contribution < -0.4 is 32.6 Å². The van der Waals surface area contributed by atoms with Crippen LogP contribution in [0.15, 0.2) is 24.3 Å². The predicted octanol–water partition coefficient (Wildman–Crippen LogP) is 1.82. The van der Waals surface area contributed by atoms with Crippen molar-refractivity contribution >= 4 is 23.3 Å². The van der Waals surface area contributed by atoms with Crippen molar-refractivity contribution in [3.05, 3.63) is 29.8 Å². The van der Waals surface area contributed by atoms with Gasteiger partial charge in [0.15, 0.2) is 0 Å². The molecule has 0 unspecified atom stereocenters. The highest BCUT2D eigenvalue weighted by molar-refractivity contribution is 5.61. The number of hydrogen-bond donors (Lipinski definition) is 5. The first-order chi connectivity index (χ1) is 10.9. The van der Waals surface area contributed by atoms with Crippen molar-refractivity contribution in [1.82, 2.24) is 9.97 Å². The van der Waals surface area contributed by atoms with E-state index < -0.39 is 11.7 Å². The second-order valence-electron chi connectivity index (χ2n) is 4.29. The molecule has 0 aliphatic carbocycles. The van der Waals surface area contributed by atoms with Gasteiger partial charge in [0.1, 0.15) is 17.4 Å². The average Bonchev–Trinajstić information content (AvgIpc) is 2.53. The van der Waals surface area contributed by atoms with E-state index in [4.69, 9.17) is 16.4 Å². The molecule has 0 aliphatic rings. The van der Waals surface area contributed by atoms with Gasteiger partial charge in [-0.2, -0.15) is 23.1 Å². The lowest BCUT2D eigenvalue weighted by Crippen LogP contribution is -2.14. The Labute approximate surface area is 129 Å². The fourth-order valence-corrected chi connectivity index (χ4v) is 1.79. The maximum atomic E-state index is 13.0. The first-order valence-electron chi connectivity index (χ1n) is 6.22. The van der Waals surface area contributed by atoms with Gasteiger partial charge in [-0.05, 0) is 18.2 Å². The van der Waals surface area contributed by atoms with Gasteiger partial charge in [-0.15, -0.1) is 0 Å². The van der Waals surface area contributed by atoms with Crippen molar-refractivity contribution in [2.24, 2.45) is 11.7 Å². The number of nitrogens with two attached hydrogens (primary N) is 2. The van der Waals surface area contributed by atoms with Crippen molar-refractivity contribution in [1.29, 1.82) is 0 Å². The van der Waals surface area contributed by atoms with E-state index in [0.717, 1.165) is 13.2 Å². The van der Waals surface area contributed by atoms with E-state index in [0.29, 0.717) is 0 Å². The highest BCUT2D eigenvalue weighted by Crippen LogP contribution is 2.38. The summed E-state index contributed by atoms with van der Waals surface area (Å²) in [5, 5.41) is 2.65. The maximum absolute atomic E-state index is 13.0. The summed E-state index contributed by atoms with van der Waals surface area (Å²) in [5.74, 6) is 10.7. The summed E-state index contributed by atoms with van der Waals surface area (Å²) in [5.41, 5.74) is 3.79. The summed E-state index contributed by atoms with van der Waals surface area (Å²) >= 11 is 0. The third-order valence-corrected chi connectivity index (χ3v) is 2.78. The Balaban J connectivity index is 2.37. The van der Waals surface area contributed by atoms with Crippen molar-refractivity contribution in [2.75, 3.05) is 23.3 Å². The quantitative estimate of drug-likeness (QED) is 0.416. The molecule has 2 aromatic rings. The van der Waals surface area contributed by atoms with E-state index in [1.54, 1.807) is 0 Å². The molecule has 1 heterocycles. The van der Waals surface area contributed by atoms with Crippen LogP contribution in [0.3, 0.4) is 0 Å². The zero-order chi connectivity index (χ0) is 17.0. The molecule has 1 aromatic heterocycles. The molecule has 0 bridgehead atoms. The van der Waals surface area contributed by atoms with Crippen LogP contribution in [-0.4, -0.2) is 17.1 Å². The summed E-state index contributed by atoms with van der Waals surface area (Å²) in [7, 11) is 1.16. The predicted molar refractivity (Wildman–Crippen MR) is 78.9 cm³/mol. The van der Waals surface area contributed by atoms with Crippen molar-refractivity contribution < 1.29 is 17.9 Å². The van der Waals surface area contributed by atoms with Gasteiger partial charge in [-0.25, -0.2) is 11.7 Å². The Hall–Kier alpha value is -2.79. The molecule has 11 heteroatoms. The summed E-state index contributed by atoms with van der Waals surface area (Å²) < 4.78 is 43.7. The average molecular weight is 329 g/mol. The van der Waals surface area contributed by atoms with Crippen molar-refractivity contribution in [3.63, 3.8) is 0 Å². The molecule has 0 amide bonds. The van der Waals surface area contributed by atoms with E-state index >= 15 is 0 Å². The number of nitrogen functional groups attached to an aromatic ring is 2. The lowest BCUT2D eigenvalue weighted by molar-refractivity contribution is -0.138. The third-order valence-electron chi connectivity index (χ3n) is 2.78. The Morgan fingerprint density at radius 1 is 1.04 bits per heavy atom. The molecular formula is C12H14F3N7O. The third kappa shape index (κ3) is 3.90. The molecule has 124 valence electrons. The van der Waals surface area contributed by atoms with E-state index in [9.17, 15) is 13.2 Å². The van der Waals surface area contributed by atoms with E-state index in [1.165, 1.54) is 18.2 Å². The minimum Gasteiger partial charge on any atom is -0.496 e. The first-order valence-corrected chi connectivity index (χ1v) is 6.22. The van der Waals surface area contributed by atoms with Crippen LogP contribution in [0, 0.1) is 0 Å². The lowest BCUT2D eigenvalue weighted by Gasteiger charge is -2.14. The molecule has 0 radical (unpaired) electrons. The van der Waals surface area contributed by atoms with E-state index in [2.05, 4.69) is 26.1 Å². The number of rotatable bonds is 5. The molecule has 7 N–H and O–H groups in total. The number of halogens is 3. The number of hydrogen-bond acceptors (Lipinski definition) is 8. The lowest BCUT2D eigenvalue weighted by atomic mass is 10.1. The normalized spacial score (nSPS) is 11.0. The van der Waals surface area contributed by atoms with E-state index in [1.807, 2.05) is 0 Å². The zero-order valence-electron chi connectivity index (χ0n) is 11.9. The molecule has 2 rings (SSSR count). The smallest absolute Gasteiger partial charge is 0.420 e. The van der Waals surface area contributed by atoms with Crippen LogP contribution >= 0.6 is 0 Å². The Morgan fingerprint density at radius 3 is 2.13 bits per heavy atom. The minimum atomic E-state index is -4.56. The first kappa shape index (κ1) is 16.6. The molecule has 0 spiro atoms. The van der Waals surface area contributed by atoms with Crippen LogP contribution in [0.5, 0.6) is 5.75 Å². The highest BCUT2D eigenvalue weighted by atomic mass is 19.4. The number of hydrazine groups is 2. The van der Waals surface area contributed by atoms with Gasteiger partial charge in [-0.3, -0.25) is 0 Å². The highest BCUT2D eigenvalue weighted by Gasteiger charge is 2.34. The number of ether oxygens (including phenoxy) is 1. The molecule has 8 nitrogen and oxygen atoms in total. The molecule has 0 fully saturated rings. The number of alkyl halides is 3. The maximum Gasteiger partial charge on any atom is 0.420 e. The second kappa shape index (κ2) is 6.54. The summed E-state index contributed by atoms with van der Waals surface area (Å²) in [6.07, 6.45) is -4.56. The molecule has 0 atom stereocenters. The number of aromatic nitrogens is 2. The van der Waals surface area contributed by atoms with Gasteiger partial charge < -0.3 is 20.9 Å². The van der Waals surface area contributed by atoms with Crippen molar-refractivity contribution in [3.8, 4) is 5.75 Å². The fraction of sp³-hybridized carbons (Fsp3) is 0.167. The number of methoxy groups -OCH3 is 1. The van der Waals surface area contributed by atoms with E-state index in [-0.39, 0.29) is 29.0 Å². The minimum absolute atomic E-state index is 0.00620. The van der Waals surface area contributed by atoms with Gasteiger partial charge in [0, 0.05) is 11.8 Å². The molecule has 1 aromatic carbocycles. The fourth-order valence-electron chi connectivity index (χ4n) is 1.79. The number of nitrogens with one attached hydrogen (secondary N) is 3. The Morgan fingerprint density at radius 2 is 1.65 bits per heavy atom. The Kier molecular flexibility index (Phi) is 4.71. The summed E-state index contributed by atoms with van der Waals surface area (Å²) in [6, 6.07) is 4.90. The van der Waals surface area contributed by atoms with Gasteiger partial charge in [0.25, 0.3) is 0 Å². The van der Waals surface area contributed by atoms with Crippen molar-refractivity contribution in [2.45, 2.75) is 6.18 Å². The Bertz CT molecular complexity index is 671. The number of nitrogens with zero attached hydrogens (tertiary/aromatic N) is 2. The topological polar surface area (TPSA) is 123 Å². The van der Waals surface area contributed by atoms with Gasteiger partial charge in [0.05, 0.1) is 12.7 Å². The molecule has 0 saturated carbocycles. The van der Waals surface area contributed by atoms with Gasteiger partial charge in [-0.1, -0.05) is 0 Å². The second-order valence-corrected chi connectivity index (χ2v) is 4.29. The van der Waals surface area contributed by atoms with Crippen LogP contribution in [0.4, 0.5) is 36.4 Å². The van der Waals surface area contributed by atoms with Crippen LogP contribution in [0.25, 0.3) is 0 Å². The number of benzene rings is 1. The molecular weight excluding hydrogens is 315 g/mol. The summed E-state index contributed by atoms with van der Waals surface area (Å²) in [6.45, 7) is 0. The molecule has 0 aliphatic heterocycles. The summed E-state index contributed by atoms with van der Waals surface area (Å²) in [4.78, 5) is 7.93.